The van der Waals surface area contributed by atoms with Crippen molar-refractivity contribution in [1.29, 1.82) is 0 Å². The Morgan fingerprint density at radius 2 is 2.05 bits per heavy atom. The third kappa shape index (κ3) is 4.15. The molecule has 0 bridgehead atoms. The average Bonchev–Trinajstić information content (AvgIpc) is 2.57. The monoisotopic (exact) mass is 324 g/mol. The second-order valence-electron chi connectivity index (χ2n) is 5.36. The highest BCUT2D eigenvalue weighted by molar-refractivity contribution is 7.91. The van der Waals surface area contributed by atoms with Crippen molar-refractivity contribution < 1.29 is 22.7 Å². The van der Waals surface area contributed by atoms with E-state index in [1.807, 2.05) is 0 Å². The van der Waals surface area contributed by atoms with Gasteiger partial charge in [-0.15, -0.1) is 11.3 Å². The van der Waals surface area contributed by atoms with Crippen LogP contribution in [0.25, 0.3) is 0 Å². The molecule has 0 aliphatic heterocycles. The lowest BCUT2D eigenvalue weighted by atomic mass is 10.1. The summed E-state index contributed by atoms with van der Waals surface area (Å²) in [6.07, 6.45) is -1.21. The molecular weight excluding hydrogens is 307 g/mol. The number of rotatable bonds is 4. The fourth-order valence-corrected chi connectivity index (χ4v) is 4.12. The predicted molar refractivity (Wildman–Crippen MR) is 73.8 cm³/mol. The van der Waals surface area contributed by atoms with Gasteiger partial charge >= 0.3 is 6.09 Å². The Morgan fingerprint density at radius 1 is 1.50 bits per heavy atom. The van der Waals surface area contributed by atoms with Gasteiger partial charge in [0.15, 0.2) is 10.0 Å². The Balaban J connectivity index is 3.06. The highest BCUT2D eigenvalue weighted by atomic mass is 32.2. The van der Waals surface area contributed by atoms with Crippen LogP contribution >= 0.6 is 11.3 Å². The number of carbonyl (C=O) groups is 1. The molecule has 0 atom stereocenters. The number of hydrogen-bond acceptors (Lipinski definition) is 4. The molecule has 0 aliphatic carbocycles. The third-order valence-electron chi connectivity index (χ3n) is 2.19. The largest absolute Gasteiger partial charge is 0.465 e. The molecule has 0 fully saturated rings. The molecule has 0 aliphatic rings. The molecule has 1 aromatic rings. The summed E-state index contributed by atoms with van der Waals surface area (Å²) in [5.41, 5.74) is -0.693. The van der Waals surface area contributed by atoms with Crippen LogP contribution in [0.4, 0.5) is 9.18 Å². The van der Waals surface area contributed by atoms with E-state index in [0.717, 1.165) is 16.2 Å². The molecule has 1 aromatic heterocycles. The van der Waals surface area contributed by atoms with Gasteiger partial charge in [0.05, 0.1) is 6.54 Å². The average molecular weight is 324 g/mol. The van der Waals surface area contributed by atoms with Crippen LogP contribution in [-0.4, -0.2) is 37.1 Å². The van der Waals surface area contributed by atoms with Crippen LogP contribution in [0.5, 0.6) is 0 Å². The molecule has 0 radical (unpaired) electrons. The van der Waals surface area contributed by atoms with E-state index < -0.39 is 31.7 Å². The number of thiophene rings is 1. The summed E-state index contributed by atoms with van der Waals surface area (Å²) in [5.74, 6) is -0.903. The molecule has 1 rings (SSSR count). The van der Waals surface area contributed by atoms with E-state index >= 15 is 0 Å². The van der Waals surface area contributed by atoms with Gasteiger partial charge in [0, 0.05) is 23.5 Å². The van der Waals surface area contributed by atoms with Crippen molar-refractivity contribution in [3.8, 4) is 0 Å². The van der Waals surface area contributed by atoms with Crippen molar-refractivity contribution in [1.82, 2.24) is 9.62 Å². The van der Waals surface area contributed by atoms with E-state index in [-0.39, 0.29) is 12.1 Å². The van der Waals surface area contributed by atoms with Crippen LogP contribution in [0.2, 0.25) is 0 Å². The van der Waals surface area contributed by atoms with Gasteiger partial charge in [-0.2, -0.15) is 0 Å². The third-order valence-corrected chi connectivity index (χ3v) is 5.48. The molecule has 0 unspecified atom stereocenters. The number of amides is 1. The fraction of sp³-hybridized carbons (Fsp3) is 0.545. The van der Waals surface area contributed by atoms with E-state index in [9.17, 15) is 17.6 Å². The summed E-state index contributed by atoms with van der Waals surface area (Å²) in [7, 11) is -2.68. The van der Waals surface area contributed by atoms with Crippen LogP contribution in [0.1, 0.15) is 26.3 Å². The SMILES string of the molecule is CN(Cc1csc(S(=O)(=O)NC(C)(C)C)c1F)C(=O)O. The predicted octanol–water partition coefficient (Wildman–Crippen LogP) is 2.07. The van der Waals surface area contributed by atoms with E-state index in [2.05, 4.69) is 4.72 Å². The van der Waals surface area contributed by atoms with Crippen molar-refractivity contribution in [3.63, 3.8) is 0 Å². The first-order valence-electron chi connectivity index (χ1n) is 5.68. The molecule has 9 heteroatoms. The number of nitrogens with one attached hydrogen (secondary N) is 1. The van der Waals surface area contributed by atoms with Crippen LogP contribution in [0, 0.1) is 5.82 Å². The molecule has 2 N–H and O–H groups in total. The number of hydrogen-bond donors (Lipinski definition) is 2. The van der Waals surface area contributed by atoms with Gasteiger partial charge in [-0.1, -0.05) is 0 Å². The molecule has 20 heavy (non-hydrogen) atoms. The Hall–Kier alpha value is -1.19. The maximum Gasteiger partial charge on any atom is 0.407 e. The molecule has 0 saturated carbocycles. The second-order valence-corrected chi connectivity index (χ2v) is 8.11. The van der Waals surface area contributed by atoms with E-state index in [4.69, 9.17) is 5.11 Å². The number of carboxylic acid groups (broad SMARTS) is 1. The number of sulfonamides is 1. The van der Waals surface area contributed by atoms with Crippen molar-refractivity contribution in [3.05, 3.63) is 16.8 Å². The Kier molecular flexibility index (Phi) is 4.78. The fourth-order valence-electron chi connectivity index (χ4n) is 1.42. The zero-order chi connectivity index (χ0) is 15.7. The quantitative estimate of drug-likeness (QED) is 0.887. The summed E-state index contributed by atoms with van der Waals surface area (Å²) in [6, 6.07) is 0. The summed E-state index contributed by atoms with van der Waals surface area (Å²) in [4.78, 5) is 11.6. The van der Waals surface area contributed by atoms with Gasteiger partial charge in [-0.05, 0) is 20.8 Å². The summed E-state index contributed by atoms with van der Waals surface area (Å²) < 4.78 is 40.1. The van der Waals surface area contributed by atoms with Crippen molar-refractivity contribution in [2.75, 3.05) is 7.05 Å². The summed E-state index contributed by atoms with van der Waals surface area (Å²) in [6.45, 7) is 4.74. The molecule has 0 spiro atoms. The first kappa shape index (κ1) is 16.9. The van der Waals surface area contributed by atoms with Gasteiger partial charge in [0.1, 0.15) is 0 Å². The summed E-state index contributed by atoms with van der Waals surface area (Å²) in [5, 5.41) is 10.0. The van der Waals surface area contributed by atoms with Crippen molar-refractivity contribution in [2.45, 2.75) is 37.1 Å². The zero-order valence-electron chi connectivity index (χ0n) is 11.6. The lowest BCUT2D eigenvalue weighted by molar-refractivity contribution is 0.153. The minimum atomic E-state index is -3.96. The smallest absolute Gasteiger partial charge is 0.407 e. The molecule has 6 nitrogen and oxygen atoms in total. The van der Waals surface area contributed by atoms with E-state index in [1.165, 1.54) is 12.4 Å². The van der Waals surface area contributed by atoms with Gasteiger partial charge in [0.25, 0.3) is 10.0 Å². The highest BCUT2D eigenvalue weighted by Crippen LogP contribution is 2.27. The Morgan fingerprint density at radius 3 is 2.50 bits per heavy atom. The second kappa shape index (κ2) is 5.66. The first-order chi connectivity index (χ1) is 8.94. The molecular formula is C11H17FN2O4S2. The molecule has 1 amide bonds. The first-order valence-corrected chi connectivity index (χ1v) is 8.04. The van der Waals surface area contributed by atoms with Crippen LogP contribution in [0.3, 0.4) is 0 Å². The Bertz CT molecular complexity index is 604. The standard InChI is InChI=1S/C11H17FN2O4S2/c1-11(2,3)13-20(17,18)9-8(12)7(6-19-9)5-14(4)10(15)16/h6,13H,5H2,1-4H3,(H,15,16). The van der Waals surface area contributed by atoms with Gasteiger partial charge in [0.2, 0.25) is 0 Å². The maximum atomic E-state index is 14.1. The zero-order valence-corrected chi connectivity index (χ0v) is 13.2. The number of halogens is 1. The normalized spacial score (nSPS) is 12.4. The van der Waals surface area contributed by atoms with Crippen LogP contribution in [-0.2, 0) is 16.6 Å². The molecule has 114 valence electrons. The summed E-state index contributed by atoms with van der Waals surface area (Å²) >= 11 is 0.732. The lowest BCUT2D eigenvalue weighted by Gasteiger charge is -2.19. The molecule has 0 saturated heterocycles. The maximum absolute atomic E-state index is 14.1. The van der Waals surface area contributed by atoms with E-state index in [0.29, 0.717) is 0 Å². The van der Waals surface area contributed by atoms with Gasteiger partial charge < -0.3 is 10.0 Å². The van der Waals surface area contributed by atoms with Crippen LogP contribution in [0.15, 0.2) is 9.59 Å². The molecule has 0 aromatic carbocycles. The highest BCUT2D eigenvalue weighted by Gasteiger charge is 2.28. The molecule has 1 heterocycles. The topological polar surface area (TPSA) is 86.7 Å². The van der Waals surface area contributed by atoms with Gasteiger partial charge in [-0.3, -0.25) is 0 Å². The lowest BCUT2D eigenvalue weighted by Crippen LogP contribution is -2.40. The minimum absolute atomic E-state index is 0.0363. The van der Waals surface area contributed by atoms with Crippen molar-refractivity contribution >= 4 is 27.5 Å². The van der Waals surface area contributed by atoms with Crippen molar-refractivity contribution in [2.24, 2.45) is 0 Å². The van der Waals surface area contributed by atoms with E-state index in [1.54, 1.807) is 20.8 Å². The van der Waals surface area contributed by atoms with Crippen LogP contribution < -0.4 is 4.72 Å². The Labute approximate surface area is 121 Å². The minimum Gasteiger partial charge on any atom is -0.465 e. The number of nitrogens with zero attached hydrogens (tertiary/aromatic N) is 1. The van der Waals surface area contributed by atoms with Gasteiger partial charge in [-0.25, -0.2) is 22.3 Å².